The Balaban J connectivity index is 2.34. The standard InChI is InChI=1S/C22H43NO4/c1-5-6-7-8-9-10-11-12-13-14-22(3,4)23-20-19(16-25)27-18(15-24)17(2)21(20)26/h16-21,23-24,26H,5-15H2,1-4H3/t17-,18?,19+,20?,21-/m1/s1. The molecule has 5 heteroatoms. The Morgan fingerprint density at radius 3 is 2.11 bits per heavy atom. The number of carbonyl (C=O) groups excluding carboxylic acids is 1. The first-order valence-corrected chi connectivity index (χ1v) is 11.0. The molecule has 0 aliphatic carbocycles. The molecule has 5 atom stereocenters. The van der Waals surface area contributed by atoms with Gasteiger partial charge in [0.25, 0.3) is 0 Å². The zero-order valence-corrected chi connectivity index (χ0v) is 18.0. The summed E-state index contributed by atoms with van der Waals surface area (Å²) in [6, 6.07) is -0.436. The molecule has 160 valence electrons. The topological polar surface area (TPSA) is 78.8 Å². The molecule has 3 N–H and O–H groups in total. The van der Waals surface area contributed by atoms with E-state index in [0.717, 1.165) is 19.1 Å². The molecule has 1 fully saturated rings. The molecule has 1 rings (SSSR count). The molecule has 5 nitrogen and oxygen atoms in total. The molecule has 1 aliphatic heterocycles. The summed E-state index contributed by atoms with van der Waals surface area (Å²) in [5, 5.41) is 23.5. The van der Waals surface area contributed by atoms with Gasteiger partial charge in [0, 0.05) is 11.5 Å². The van der Waals surface area contributed by atoms with Gasteiger partial charge in [-0.2, -0.15) is 0 Å². The molecular formula is C22H43NO4. The molecule has 0 bridgehead atoms. The van der Waals surface area contributed by atoms with E-state index >= 15 is 0 Å². The van der Waals surface area contributed by atoms with Crippen molar-refractivity contribution in [3.05, 3.63) is 0 Å². The fourth-order valence-corrected chi connectivity index (χ4v) is 4.05. The van der Waals surface area contributed by atoms with Gasteiger partial charge in [-0.3, -0.25) is 0 Å². The van der Waals surface area contributed by atoms with E-state index in [1.807, 2.05) is 6.92 Å². The molecule has 1 saturated heterocycles. The minimum Gasteiger partial charge on any atom is -0.394 e. The van der Waals surface area contributed by atoms with Gasteiger partial charge in [0.05, 0.1) is 24.9 Å². The van der Waals surface area contributed by atoms with E-state index in [1.165, 1.54) is 51.4 Å². The molecule has 0 aromatic carbocycles. The minimum absolute atomic E-state index is 0.177. The van der Waals surface area contributed by atoms with Crippen molar-refractivity contribution in [1.82, 2.24) is 5.32 Å². The molecule has 0 amide bonds. The van der Waals surface area contributed by atoms with Crippen molar-refractivity contribution in [2.75, 3.05) is 6.61 Å². The van der Waals surface area contributed by atoms with Crippen LogP contribution in [0.25, 0.3) is 0 Å². The Hall–Kier alpha value is -0.490. The lowest BCUT2D eigenvalue weighted by molar-refractivity contribution is -0.169. The molecule has 2 unspecified atom stereocenters. The van der Waals surface area contributed by atoms with Crippen LogP contribution in [0, 0.1) is 5.92 Å². The number of hydrogen-bond acceptors (Lipinski definition) is 5. The summed E-state index contributed by atoms with van der Waals surface area (Å²) in [6.45, 7) is 8.16. The highest BCUT2D eigenvalue weighted by molar-refractivity contribution is 5.58. The van der Waals surface area contributed by atoms with Crippen LogP contribution in [-0.2, 0) is 9.53 Å². The summed E-state index contributed by atoms with van der Waals surface area (Å²) >= 11 is 0. The number of unbranched alkanes of at least 4 members (excludes halogenated alkanes) is 8. The molecule has 0 aromatic heterocycles. The largest absolute Gasteiger partial charge is 0.394 e. The first-order chi connectivity index (χ1) is 12.9. The number of aldehydes is 1. The van der Waals surface area contributed by atoms with Crippen molar-refractivity contribution < 1.29 is 19.7 Å². The van der Waals surface area contributed by atoms with Crippen molar-refractivity contribution >= 4 is 6.29 Å². The van der Waals surface area contributed by atoms with E-state index in [9.17, 15) is 15.0 Å². The molecule has 0 radical (unpaired) electrons. The zero-order chi connectivity index (χ0) is 20.3. The highest BCUT2D eigenvalue weighted by Crippen LogP contribution is 2.27. The summed E-state index contributed by atoms with van der Waals surface area (Å²) in [7, 11) is 0. The average molecular weight is 386 g/mol. The fourth-order valence-electron chi connectivity index (χ4n) is 4.05. The lowest BCUT2D eigenvalue weighted by Gasteiger charge is -2.45. The average Bonchev–Trinajstić information content (AvgIpc) is 2.64. The normalized spacial score (nSPS) is 29.0. The van der Waals surface area contributed by atoms with Gasteiger partial charge in [-0.05, 0) is 20.3 Å². The molecule has 1 heterocycles. The quantitative estimate of drug-likeness (QED) is 0.314. The van der Waals surface area contributed by atoms with Crippen LogP contribution in [0.1, 0.15) is 91.9 Å². The minimum atomic E-state index is -0.726. The molecule has 27 heavy (non-hydrogen) atoms. The molecule has 0 aromatic rings. The summed E-state index contributed by atoms with van der Waals surface area (Å²) in [5.41, 5.74) is -0.177. The number of nitrogens with one attached hydrogen (secondary N) is 1. The third-order valence-electron chi connectivity index (χ3n) is 5.96. The van der Waals surface area contributed by atoms with Crippen LogP contribution in [-0.4, -0.2) is 53.0 Å². The van der Waals surface area contributed by atoms with Crippen LogP contribution in [0.4, 0.5) is 0 Å². The van der Waals surface area contributed by atoms with Gasteiger partial charge in [-0.25, -0.2) is 0 Å². The Morgan fingerprint density at radius 1 is 1.04 bits per heavy atom. The zero-order valence-electron chi connectivity index (χ0n) is 18.0. The second kappa shape index (κ2) is 12.9. The van der Waals surface area contributed by atoms with E-state index < -0.39 is 24.4 Å². The lowest BCUT2D eigenvalue weighted by Crippen LogP contribution is -2.64. The predicted octanol–water partition coefficient (Wildman–Crippen LogP) is 3.60. The monoisotopic (exact) mass is 385 g/mol. The first-order valence-electron chi connectivity index (χ1n) is 11.0. The van der Waals surface area contributed by atoms with E-state index in [0.29, 0.717) is 0 Å². The van der Waals surface area contributed by atoms with Crippen molar-refractivity contribution in [1.29, 1.82) is 0 Å². The summed E-state index contributed by atoms with van der Waals surface area (Å²) in [6.07, 6.45) is 11.5. The van der Waals surface area contributed by atoms with Gasteiger partial charge >= 0.3 is 0 Å². The van der Waals surface area contributed by atoms with Gasteiger partial charge in [-0.15, -0.1) is 0 Å². The maximum atomic E-state index is 11.4. The number of carbonyl (C=O) groups is 1. The third kappa shape index (κ3) is 8.59. The Labute approximate surface area is 166 Å². The number of aliphatic hydroxyl groups is 2. The highest BCUT2D eigenvalue weighted by Gasteiger charge is 2.44. The van der Waals surface area contributed by atoms with E-state index in [4.69, 9.17) is 4.74 Å². The Morgan fingerprint density at radius 2 is 1.59 bits per heavy atom. The summed E-state index contributed by atoms with van der Waals surface area (Å²) < 4.78 is 5.68. The van der Waals surface area contributed by atoms with Crippen LogP contribution in [0.3, 0.4) is 0 Å². The molecular weight excluding hydrogens is 342 g/mol. The predicted molar refractivity (Wildman–Crippen MR) is 110 cm³/mol. The number of ether oxygens (including phenoxy) is 1. The van der Waals surface area contributed by atoms with Crippen molar-refractivity contribution in [3.63, 3.8) is 0 Å². The molecule has 0 spiro atoms. The Kier molecular flexibility index (Phi) is 11.7. The number of rotatable bonds is 14. The maximum absolute atomic E-state index is 11.4. The van der Waals surface area contributed by atoms with Crippen LogP contribution < -0.4 is 5.32 Å². The van der Waals surface area contributed by atoms with E-state index in [2.05, 4.69) is 26.1 Å². The number of aliphatic hydroxyl groups excluding tert-OH is 2. The Bertz CT molecular complexity index is 402. The first kappa shape index (κ1) is 24.5. The molecule has 1 aliphatic rings. The van der Waals surface area contributed by atoms with Crippen LogP contribution in [0.15, 0.2) is 0 Å². The van der Waals surface area contributed by atoms with Gasteiger partial charge in [0.2, 0.25) is 0 Å². The highest BCUT2D eigenvalue weighted by atomic mass is 16.5. The van der Waals surface area contributed by atoms with Gasteiger partial charge in [-0.1, -0.05) is 71.6 Å². The van der Waals surface area contributed by atoms with Crippen molar-refractivity contribution in [2.45, 2.75) is 122 Å². The number of hydrogen-bond donors (Lipinski definition) is 3. The second-order valence-corrected chi connectivity index (χ2v) is 8.94. The van der Waals surface area contributed by atoms with E-state index in [1.54, 1.807) is 0 Å². The lowest BCUT2D eigenvalue weighted by atomic mass is 9.84. The van der Waals surface area contributed by atoms with E-state index in [-0.39, 0.29) is 18.1 Å². The smallest absolute Gasteiger partial charge is 0.150 e. The van der Waals surface area contributed by atoms with Crippen LogP contribution in [0.5, 0.6) is 0 Å². The van der Waals surface area contributed by atoms with Crippen LogP contribution in [0.2, 0.25) is 0 Å². The van der Waals surface area contributed by atoms with Gasteiger partial charge in [0.1, 0.15) is 12.4 Å². The maximum Gasteiger partial charge on any atom is 0.150 e. The van der Waals surface area contributed by atoms with Gasteiger partial charge in [0.15, 0.2) is 0 Å². The molecule has 0 saturated carbocycles. The van der Waals surface area contributed by atoms with Gasteiger partial charge < -0.3 is 25.1 Å². The third-order valence-corrected chi connectivity index (χ3v) is 5.96. The van der Waals surface area contributed by atoms with Crippen molar-refractivity contribution in [2.24, 2.45) is 5.92 Å². The summed E-state index contributed by atoms with van der Waals surface area (Å²) in [4.78, 5) is 11.4. The summed E-state index contributed by atoms with van der Waals surface area (Å²) in [5.74, 6) is -0.216. The SMILES string of the molecule is CCCCCCCCCCCC(C)(C)NC1[C@H](C=O)OC(CO)[C@@H](C)[C@H]1O. The van der Waals surface area contributed by atoms with Crippen LogP contribution >= 0.6 is 0 Å². The fraction of sp³-hybridized carbons (Fsp3) is 0.955. The van der Waals surface area contributed by atoms with Crippen molar-refractivity contribution in [3.8, 4) is 0 Å². The second-order valence-electron chi connectivity index (χ2n) is 8.94.